The summed E-state index contributed by atoms with van der Waals surface area (Å²) >= 11 is 0. The van der Waals surface area contributed by atoms with Crippen molar-refractivity contribution in [3.05, 3.63) is 35.6 Å². The summed E-state index contributed by atoms with van der Waals surface area (Å²) in [7, 11) is 2.87. The van der Waals surface area contributed by atoms with Crippen molar-refractivity contribution in [1.82, 2.24) is 9.80 Å². The standard InChI is InChI=1S/C18H21FN2O4/c1-10-15(22)21-13(16(23)20(10)3)9-18(2,17(24)25-4)14(21)11-5-7-12(19)8-6-11/h5-8,10,13-14H,9H2,1-4H3/t10-,13+,14?,18+/m1/s1. The van der Waals surface area contributed by atoms with Crippen LogP contribution in [0.3, 0.4) is 0 Å². The van der Waals surface area contributed by atoms with Crippen molar-refractivity contribution in [2.75, 3.05) is 14.2 Å². The second-order valence-corrected chi connectivity index (χ2v) is 6.95. The third kappa shape index (κ3) is 2.41. The van der Waals surface area contributed by atoms with Crippen LogP contribution in [0.15, 0.2) is 24.3 Å². The van der Waals surface area contributed by atoms with E-state index in [0.717, 1.165) is 0 Å². The molecule has 2 amide bonds. The molecule has 2 aliphatic heterocycles. The van der Waals surface area contributed by atoms with Crippen molar-refractivity contribution in [2.45, 2.75) is 38.4 Å². The number of carbonyl (C=O) groups is 3. The average Bonchev–Trinajstić information content (AvgIpc) is 2.93. The molecule has 2 aliphatic rings. The number of piperazine rings is 1. The van der Waals surface area contributed by atoms with Crippen molar-refractivity contribution in [3.63, 3.8) is 0 Å². The topological polar surface area (TPSA) is 66.9 Å². The van der Waals surface area contributed by atoms with Gasteiger partial charge in [-0.2, -0.15) is 0 Å². The van der Waals surface area contributed by atoms with Gasteiger partial charge in [-0.25, -0.2) is 4.39 Å². The van der Waals surface area contributed by atoms with Crippen LogP contribution in [0, 0.1) is 11.2 Å². The Morgan fingerprint density at radius 1 is 1.24 bits per heavy atom. The summed E-state index contributed by atoms with van der Waals surface area (Å²) in [5.74, 6) is -1.33. The van der Waals surface area contributed by atoms with Gasteiger partial charge >= 0.3 is 5.97 Å². The Balaban J connectivity index is 2.15. The first-order chi connectivity index (χ1) is 11.7. The second kappa shape index (κ2) is 5.82. The summed E-state index contributed by atoms with van der Waals surface area (Å²) in [6, 6.07) is 3.63. The minimum absolute atomic E-state index is 0.170. The molecule has 1 aromatic carbocycles. The van der Waals surface area contributed by atoms with Gasteiger partial charge in [0.05, 0.1) is 18.6 Å². The number of nitrogens with zero attached hydrogens (tertiary/aromatic N) is 2. The van der Waals surface area contributed by atoms with Gasteiger partial charge < -0.3 is 14.5 Å². The Labute approximate surface area is 145 Å². The summed E-state index contributed by atoms with van der Waals surface area (Å²) in [6.45, 7) is 3.35. The molecule has 134 valence electrons. The predicted octanol–water partition coefficient (Wildman–Crippen LogP) is 1.51. The van der Waals surface area contributed by atoms with Gasteiger partial charge in [0.2, 0.25) is 11.8 Å². The molecule has 0 bridgehead atoms. The maximum Gasteiger partial charge on any atom is 0.314 e. The van der Waals surface area contributed by atoms with Crippen LogP contribution in [-0.2, 0) is 19.1 Å². The van der Waals surface area contributed by atoms with Crippen LogP contribution in [-0.4, -0.2) is 53.8 Å². The van der Waals surface area contributed by atoms with Crippen LogP contribution in [0.5, 0.6) is 0 Å². The SMILES string of the molecule is COC(=O)[C@@]1(C)C[C@H]2C(=O)N(C)[C@H](C)C(=O)N2C1c1ccc(F)cc1. The molecule has 0 saturated carbocycles. The third-order valence-electron chi connectivity index (χ3n) is 5.50. The van der Waals surface area contributed by atoms with E-state index in [0.29, 0.717) is 5.56 Å². The average molecular weight is 348 g/mol. The molecular weight excluding hydrogens is 327 g/mol. The Hall–Kier alpha value is -2.44. The van der Waals surface area contributed by atoms with E-state index in [2.05, 4.69) is 0 Å². The fraction of sp³-hybridized carbons (Fsp3) is 0.500. The van der Waals surface area contributed by atoms with E-state index in [1.54, 1.807) is 33.0 Å². The van der Waals surface area contributed by atoms with Crippen LogP contribution >= 0.6 is 0 Å². The minimum Gasteiger partial charge on any atom is -0.469 e. The van der Waals surface area contributed by atoms with Crippen LogP contribution in [0.25, 0.3) is 0 Å². The zero-order valence-corrected chi connectivity index (χ0v) is 14.7. The summed E-state index contributed by atoms with van der Waals surface area (Å²) in [6.07, 6.45) is 0.170. The summed E-state index contributed by atoms with van der Waals surface area (Å²) < 4.78 is 18.3. The molecule has 2 fully saturated rings. The first kappa shape index (κ1) is 17.4. The zero-order valence-electron chi connectivity index (χ0n) is 14.7. The zero-order chi connectivity index (χ0) is 18.5. The van der Waals surface area contributed by atoms with Crippen molar-refractivity contribution in [1.29, 1.82) is 0 Å². The molecule has 25 heavy (non-hydrogen) atoms. The second-order valence-electron chi connectivity index (χ2n) is 6.95. The Morgan fingerprint density at radius 2 is 1.84 bits per heavy atom. The van der Waals surface area contributed by atoms with Crippen molar-refractivity contribution in [2.24, 2.45) is 5.41 Å². The number of fused-ring (bicyclic) bond motifs is 1. The van der Waals surface area contributed by atoms with E-state index < -0.39 is 35.3 Å². The minimum atomic E-state index is -1.09. The molecule has 0 spiro atoms. The van der Waals surface area contributed by atoms with Crippen molar-refractivity contribution < 1.29 is 23.5 Å². The monoisotopic (exact) mass is 348 g/mol. The highest BCUT2D eigenvalue weighted by atomic mass is 19.1. The summed E-state index contributed by atoms with van der Waals surface area (Å²) in [4.78, 5) is 41.1. The Bertz CT molecular complexity index is 735. The third-order valence-corrected chi connectivity index (χ3v) is 5.50. The van der Waals surface area contributed by atoms with E-state index in [1.807, 2.05) is 0 Å². The van der Waals surface area contributed by atoms with E-state index in [4.69, 9.17) is 4.74 Å². The molecule has 7 heteroatoms. The number of rotatable bonds is 2. The quantitative estimate of drug-likeness (QED) is 0.760. The number of hydrogen-bond acceptors (Lipinski definition) is 4. The summed E-state index contributed by atoms with van der Waals surface area (Å²) in [5.41, 5.74) is -0.484. The molecule has 1 aromatic rings. The molecule has 0 aromatic heterocycles. The fourth-order valence-electron chi connectivity index (χ4n) is 3.99. The molecule has 0 N–H and O–H groups in total. The van der Waals surface area contributed by atoms with Gasteiger partial charge in [0.1, 0.15) is 17.9 Å². The smallest absolute Gasteiger partial charge is 0.314 e. The van der Waals surface area contributed by atoms with Crippen LogP contribution in [0.1, 0.15) is 31.9 Å². The number of benzene rings is 1. The van der Waals surface area contributed by atoms with Crippen LogP contribution < -0.4 is 0 Å². The Morgan fingerprint density at radius 3 is 2.40 bits per heavy atom. The molecule has 0 radical (unpaired) electrons. The van der Waals surface area contributed by atoms with Crippen LogP contribution in [0.2, 0.25) is 0 Å². The number of methoxy groups -OCH3 is 1. The fourth-order valence-corrected chi connectivity index (χ4v) is 3.99. The van der Waals surface area contributed by atoms with Gasteiger partial charge in [-0.05, 0) is 38.0 Å². The summed E-state index contributed by atoms with van der Waals surface area (Å²) in [5, 5.41) is 0. The van der Waals surface area contributed by atoms with E-state index in [9.17, 15) is 18.8 Å². The van der Waals surface area contributed by atoms with Gasteiger partial charge in [0.15, 0.2) is 0 Å². The normalized spacial score (nSPS) is 32.0. The highest BCUT2D eigenvalue weighted by Crippen LogP contribution is 2.52. The van der Waals surface area contributed by atoms with E-state index in [-0.39, 0.29) is 18.2 Å². The molecule has 6 nitrogen and oxygen atoms in total. The molecule has 1 unspecified atom stereocenters. The first-order valence-corrected chi connectivity index (χ1v) is 8.15. The van der Waals surface area contributed by atoms with Gasteiger partial charge in [0.25, 0.3) is 0 Å². The van der Waals surface area contributed by atoms with Gasteiger partial charge in [-0.15, -0.1) is 0 Å². The van der Waals surface area contributed by atoms with Crippen molar-refractivity contribution in [3.8, 4) is 0 Å². The molecule has 3 rings (SSSR count). The van der Waals surface area contributed by atoms with Crippen LogP contribution in [0.4, 0.5) is 4.39 Å². The van der Waals surface area contributed by atoms with E-state index in [1.165, 1.54) is 29.0 Å². The number of likely N-dealkylation sites (N-methyl/N-ethyl adjacent to an activating group) is 1. The first-order valence-electron chi connectivity index (χ1n) is 8.15. The molecule has 2 heterocycles. The molecule has 4 atom stereocenters. The highest BCUT2D eigenvalue weighted by Gasteiger charge is 2.61. The number of carbonyl (C=O) groups excluding carboxylic acids is 3. The largest absolute Gasteiger partial charge is 0.469 e. The molecule has 0 aliphatic carbocycles. The molecular formula is C18H21FN2O4. The molecule has 2 saturated heterocycles. The lowest BCUT2D eigenvalue weighted by Crippen LogP contribution is -2.60. The number of halogens is 1. The lowest BCUT2D eigenvalue weighted by molar-refractivity contribution is -0.160. The number of ether oxygens (including phenoxy) is 1. The number of hydrogen-bond donors (Lipinski definition) is 0. The number of amides is 2. The predicted molar refractivity (Wildman–Crippen MR) is 86.7 cm³/mol. The highest BCUT2D eigenvalue weighted by molar-refractivity contribution is 5.99. The maximum absolute atomic E-state index is 13.3. The van der Waals surface area contributed by atoms with Gasteiger partial charge in [0, 0.05) is 7.05 Å². The van der Waals surface area contributed by atoms with Gasteiger partial charge in [-0.3, -0.25) is 14.4 Å². The lowest BCUT2D eigenvalue weighted by Gasteiger charge is -2.42. The van der Waals surface area contributed by atoms with Crippen molar-refractivity contribution >= 4 is 17.8 Å². The van der Waals surface area contributed by atoms with Gasteiger partial charge in [-0.1, -0.05) is 12.1 Å². The number of esters is 1. The maximum atomic E-state index is 13.3. The lowest BCUT2D eigenvalue weighted by atomic mass is 9.78. The van der Waals surface area contributed by atoms with E-state index >= 15 is 0 Å². The Kier molecular flexibility index (Phi) is 4.05.